The Morgan fingerprint density at radius 1 is 0.708 bits per heavy atom. The third-order valence-electron chi connectivity index (χ3n) is 2.84. The minimum atomic E-state index is -0.413. The van der Waals surface area contributed by atoms with Gasteiger partial charge in [0.15, 0.2) is 10.2 Å². The highest BCUT2D eigenvalue weighted by Crippen LogP contribution is 2.29. The zero-order chi connectivity index (χ0) is 19.0. The van der Waals surface area contributed by atoms with Gasteiger partial charge in [-0.1, -0.05) is 23.5 Å². The standard InChI is InChI=1S/C16H28N2O4S2/c1-11(19)17-9-15(3,4)23-13(21)7-8-14(22)24-16(5,6)10-18-12(2)20/h7-10H2,1-6H3,(H,17,19)(H,18,20). The average molecular weight is 377 g/mol. The molecule has 0 fully saturated rings. The molecule has 24 heavy (non-hydrogen) atoms. The molecule has 0 aliphatic rings. The van der Waals surface area contributed by atoms with E-state index in [-0.39, 0.29) is 34.9 Å². The number of nitrogens with one attached hydrogen (secondary N) is 2. The van der Waals surface area contributed by atoms with E-state index in [2.05, 4.69) is 10.6 Å². The van der Waals surface area contributed by atoms with Gasteiger partial charge in [-0.2, -0.15) is 0 Å². The van der Waals surface area contributed by atoms with Gasteiger partial charge < -0.3 is 10.6 Å². The number of hydrogen-bond acceptors (Lipinski definition) is 6. The van der Waals surface area contributed by atoms with Crippen molar-refractivity contribution in [1.29, 1.82) is 0 Å². The van der Waals surface area contributed by atoms with Gasteiger partial charge in [-0.25, -0.2) is 0 Å². The van der Waals surface area contributed by atoms with Crippen molar-refractivity contribution in [2.75, 3.05) is 13.1 Å². The van der Waals surface area contributed by atoms with Crippen LogP contribution in [-0.2, 0) is 19.2 Å². The second-order valence-corrected chi connectivity index (χ2v) is 10.3. The van der Waals surface area contributed by atoms with Crippen molar-refractivity contribution in [3.05, 3.63) is 0 Å². The number of rotatable bonds is 9. The van der Waals surface area contributed by atoms with Gasteiger partial charge in [0, 0.05) is 49.3 Å². The lowest BCUT2D eigenvalue weighted by Gasteiger charge is -2.24. The van der Waals surface area contributed by atoms with Gasteiger partial charge in [-0.15, -0.1) is 0 Å². The fourth-order valence-electron chi connectivity index (χ4n) is 1.67. The van der Waals surface area contributed by atoms with E-state index >= 15 is 0 Å². The molecule has 0 aromatic heterocycles. The second kappa shape index (κ2) is 10.1. The van der Waals surface area contributed by atoms with Crippen LogP contribution in [0.4, 0.5) is 0 Å². The molecule has 6 nitrogen and oxygen atoms in total. The summed E-state index contributed by atoms with van der Waals surface area (Å²) in [6, 6.07) is 0. The Kier molecular flexibility index (Phi) is 9.65. The zero-order valence-corrected chi connectivity index (χ0v) is 16.9. The van der Waals surface area contributed by atoms with Gasteiger partial charge in [-0.3, -0.25) is 19.2 Å². The molecule has 2 amide bonds. The van der Waals surface area contributed by atoms with Crippen molar-refractivity contribution in [1.82, 2.24) is 10.6 Å². The van der Waals surface area contributed by atoms with Crippen molar-refractivity contribution in [3.63, 3.8) is 0 Å². The summed E-state index contributed by atoms with van der Waals surface area (Å²) in [6.07, 6.45) is 0.326. The molecule has 0 aliphatic heterocycles. The molecule has 0 aliphatic carbocycles. The second-order valence-electron chi connectivity index (χ2n) is 6.79. The van der Waals surface area contributed by atoms with E-state index < -0.39 is 9.49 Å². The lowest BCUT2D eigenvalue weighted by atomic mass is 10.2. The van der Waals surface area contributed by atoms with Crippen LogP contribution in [0.5, 0.6) is 0 Å². The summed E-state index contributed by atoms with van der Waals surface area (Å²) in [7, 11) is 0. The van der Waals surface area contributed by atoms with E-state index in [4.69, 9.17) is 0 Å². The Morgan fingerprint density at radius 2 is 1.00 bits per heavy atom. The molecule has 138 valence electrons. The summed E-state index contributed by atoms with van der Waals surface area (Å²) in [5.41, 5.74) is 0. The number of hydrogen-bond donors (Lipinski definition) is 2. The van der Waals surface area contributed by atoms with E-state index in [1.54, 1.807) is 0 Å². The SMILES string of the molecule is CC(=O)NCC(C)(C)SC(=O)CCC(=O)SC(C)(C)CNC(C)=O. The first-order chi connectivity index (χ1) is 10.8. The first-order valence-electron chi connectivity index (χ1n) is 7.75. The van der Waals surface area contributed by atoms with E-state index in [0.717, 1.165) is 23.5 Å². The summed E-state index contributed by atoms with van der Waals surface area (Å²) in [5, 5.41) is 5.24. The van der Waals surface area contributed by atoms with Crippen LogP contribution < -0.4 is 10.6 Å². The van der Waals surface area contributed by atoms with Crippen LogP contribution in [0.2, 0.25) is 0 Å². The predicted molar refractivity (Wildman–Crippen MR) is 100.0 cm³/mol. The van der Waals surface area contributed by atoms with Gasteiger partial charge in [0.25, 0.3) is 0 Å². The van der Waals surface area contributed by atoms with Crippen LogP contribution >= 0.6 is 23.5 Å². The molecule has 2 N–H and O–H groups in total. The molecule has 0 aromatic rings. The maximum atomic E-state index is 12.0. The Balaban J connectivity index is 4.23. The van der Waals surface area contributed by atoms with Crippen LogP contribution in [0.15, 0.2) is 0 Å². The minimum absolute atomic E-state index is 0.0704. The maximum absolute atomic E-state index is 12.0. The third kappa shape index (κ3) is 12.4. The zero-order valence-electron chi connectivity index (χ0n) is 15.3. The lowest BCUT2D eigenvalue weighted by molar-refractivity contribution is -0.119. The van der Waals surface area contributed by atoms with Crippen LogP contribution in [-0.4, -0.2) is 44.6 Å². The highest BCUT2D eigenvalue weighted by molar-refractivity contribution is 8.15. The molecule has 0 heterocycles. The molecule has 0 unspecified atom stereocenters. The molecular formula is C16H28N2O4S2. The lowest BCUT2D eigenvalue weighted by Crippen LogP contribution is -2.36. The summed E-state index contributed by atoms with van der Waals surface area (Å²) >= 11 is 2.29. The van der Waals surface area contributed by atoms with Crippen molar-refractivity contribution in [2.45, 2.75) is 63.9 Å². The third-order valence-corrected chi connectivity index (χ3v) is 5.10. The van der Waals surface area contributed by atoms with Gasteiger partial charge >= 0.3 is 0 Å². The van der Waals surface area contributed by atoms with E-state index in [0.29, 0.717) is 13.1 Å². The Hall–Kier alpha value is -1.02. The topological polar surface area (TPSA) is 92.3 Å². The van der Waals surface area contributed by atoms with Crippen LogP contribution in [0, 0.1) is 0 Å². The molecule has 0 atom stereocenters. The Bertz CT molecular complexity index is 446. The fourth-order valence-corrected chi connectivity index (χ4v) is 3.60. The molecular weight excluding hydrogens is 348 g/mol. The van der Waals surface area contributed by atoms with Crippen molar-refractivity contribution >= 4 is 45.6 Å². The highest BCUT2D eigenvalue weighted by atomic mass is 32.2. The molecule has 0 radical (unpaired) electrons. The maximum Gasteiger partial charge on any atom is 0.216 e. The van der Waals surface area contributed by atoms with Crippen molar-refractivity contribution in [2.24, 2.45) is 0 Å². The summed E-state index contributed by atoms with van der Waals surface area (Å²) < 4.78 is -0.826. The highest BCUT2D eigenvalue weighted by Gasteiger charge is 2.26. The smallest absolute Gasteiger partial charge is 0.216 e. The molecule has 0 bridgehead atoms. The largest absolute Gasteiger partial charge is 0.355 e. The summed E-state index contributed by atoms with van der Waals surface area (Å²) in [5.74, 6) is -0.270. The molecule has 0 saturated heterocycles. The van der Waals surface area contributed by atoms with Crippen LogP contribution in [0.1, 0.15) is 54.4 Å². The number of amides is 2. The number of carbonyl (C=O) groups is 4. The van der Waals surface area contributed by atoms with Crippen LogP contribution in [0.25, 0.3) is 0 Å². The van der Waals surface area contributed by atoms with E-state index in [9.17, 15) is 19.2 Å². The first kappa shape index (κ1) is 23.0. The molecule has 0 spiro atoms. The average Bonchev–Trinajstić information content (AvgIpc) is 2.40. The molecule has 8 heteroatoms. The Morgan fingerprint density at radius 3 is 1.25 bits per heavy atom. The molecule has 0 aromatic carbocycles. The van der Waals surface area contributed by atoms with Gasteiger partial charge in [0.2, 0.25) is 11.8 Å². The minimum Gasteiger partial charge on any atom is -0.355 e. The fraction of sp³-hybridized carbons (Fsp3) is 0.750. The van der Waals surface area contributed by atoms with E-state index in [1.165, 1.54) is 13.8 Å². The van der Waals surface area contributed by atoms with Gasteiger partial charge in [0.05, 0.1) is 0 Å². The first-order valence-corrected chi connectivity index (χ1v) is 9.39. The summed E-state index contributed by atoms with van der Waals surface area (Å²) in [6.45, 7) is 11.1. The molecule has 0 rings (SSSR count). The summed E-state index contributed by atoms with van der Waals surface area (Å²) in [4.78, 5) is 45.9. The predicted octanol–water partition coefficient (Wildman–Crippen LogP) is 2.12. The van der Waals surface area contributed by atoms with E-state index in [1.807, 2.05) is 27.7 Å². The molecule has 0 saturated carbocycles. The number of carbonyl (C=O) groups excluding carboxylic acids is 4. The van der Waals surface area contributed by atoms with Crippen LogP contribution in [0.3, 0.4) is 0 Å². The van der Waals surface area contributed by atoms with Gasteiger partial charge in [-0.05, 0) is 27.7 Å². The quantitative estimate of drug-likeness (QED) is 0.640. The monoisotopic (exact) mass is 376 g/mol. The van der Waals surface area contributed by atoms with Crippen molar-refractivity contribution in [3.8, 4) is 0 Å². The Labute approximate surface area is 152 Å². The van der Waals surface area contributed by atoms with Crippen molar-refractivity contribution < 1.29 is 19.2 Å². The number of thioether (sulfide) groups is 2. The van der Waals surface area contributed by atoms with Gasteiger partial charge in [0.1, 0.15) is 0 Å². The normalized spacial score (nSPS) is 11.8.